The van der Waals surface area contributed by atoms with Crippen molar-refractivity contribution in [3.8, 4) is 0 Å². The van der Waals surface area contributed by atoms with Crippen molar-refractivity contribution in [1.82, 2.24) is 9.80 Å². The summed E-state index contributed by atoms with van der Waals surface area (Å²) < 4.78 is 74.7. The molecule has 1 spiro atoms. The number of aliphatic carboxylic acids is 2. The van der Waals surface area contributed by atoms with Crippen LogP contribution in [0.1, 0.15) is 12.0 Å². The zero-order valence-electron chi connectivity index (χ0n) is 20.4. The van der Waals surface area contributed by atoms with E-state index < -0.39 is 24.3 Å². The topological polar surface area (TPSA) is 99.5 Å². The number of hydrogen-bond donors (Lipinski definition) is 2. The fraction of sp³-hybridized carbons (Fsp3) is 0.652. The Hall–Kier alpha value is -2.42. The molecule has 0 amide bonds. The summed E-state index contributed by atoms with van der Waals surface area (Å²) in [4.78, 5) is 22.9. The van der Waals surface area contributed by atoms with Crippen molar-refractivity contribution in [3.05, 3.63) is 35.9 Å². The summed E-state index contributed by atoms with van der Waals surface area (Å²) in [7, 11) is 1.78. The van der Waals surface area contributed by atoms with Gasteiger partial charge in [-0.25, -0.2) is 9.59 Å². The van der Waals surface area contributed by atoms with E-state index in [1.807, 2.05) is 0 Å². The van der Waals surface area contributed by atoms with Gasteiger partial charge in [-0.2, -0.15) is 26.3 Å². The van der Waals surface area contributed by atoms with Gasteiger partial charge < -0.3 is 29.5 Å². The van der Waals surface area contributed by atoms with E-state index in [0.29, 0.717) is 5.41 Å². The van der Waals surface area contributed by atoms with E-state index in [4.69, 9.17) is 29.3 Å². The summed E-state index contributed by atoms with van der Waals surface area (Å²) in [5.41, 5.74) is 1.75. The molecule has 37 heavy (non-hydrogen) atoms. The lowest BCUT2D eigenvalue weighted by molar-refractivity contribution is -0.193. The first kappa shape index (κ1) is 32.6. The molecule has 212 valence electrons. The van der Waals surface area contributed by atoms with Crippen molar-refractivity contribution in [2.75, 3.05) is 66.2 Å². The number of methoxy groups -OCH3 is 1. The Balaban J connectivity index is 0.000000404. The Morgan fingerprint density at radius 3 is 1.95 bits per heavy atom. The first-order valence-corrected chi connectivity index (χ1v) is 11.3. The molecule has 2 saturated heterocycles. The second-order valence-corrected chi connectivity index (χ2v) is 8.69. The van der Waals surface area contributed by atoms with E-state index in [1.54, 1.807) is 7.11 Å². The van der Waals surface area contributed by atoms with Gasteiger partial charge in [-0.15, -0.1) is 0 Å². The molecule has 0 bridgehead atoms. The van der Waals surface area contributed by atoms with Crippen LogP contribution in [0.3, 0.4) is 0 Å². The molecule has 1 atom stereocenters. The van der Waals surface area contributed by atoms with Gasteiger partial charge in [-0.3, -0.25) is 0 Å². The van der Waals surface area contributed by atoms with Crippen LogP contribution in [0, 0.1) is 5.41 Å². The number of carboxylic acid groups (broad SMARTS) is 2. The smallest absolute Gasteiger partial charge is 0.475 e. The van der Waals surface area contributed by atoms with Gasteiger partial charge >= 0.3 is 24.3 Å². The number of nitrogens with zero attached hydrogens (tertiary/aromatic N) is 2. The fourth-order valence-corrected chi connectivity index (χ4v) is 3.89. The van der Waals surface area contributed by atoms with Crippen LogP contribution in [0.4, 0.5) is 26.3 Å². The predicted molar refractivity (Wildman–Crippen MR) is 120 cm³/mol. The minimum atomic E-state index is -5.08. The maximum absolute atomic E-state index is 10.6. The third-order valence-electron chi connectivity index (χ3n) is 5.69. The molecule has 14 heteroatoms. The molecule has 3 rings (SSSR count). The van der Waals surface area contributed by atoms with Gasteiger partial charge in [0, 0.05) is 45.2 Å². The van der Waals surface area contributed by atoms with Crippen LogP contribution in [0.25, 0.3) is 0 Å². The second-order valence-electron chi connectivity index (χ2n) is 8.69. The van der Waals surface area contributed by atoms with Crippen LogP contribution >= 0.6 is 0 Å². The Kier molecular flexibility index (Phi) is 13.3. The summed E-state index contributed by atoms with van der Waals surface area (Å²) >= 11 is 0. The second kappa shape index (κ2) is 15.1. The standard InChI is InChI=1S/C19H30N2O2.2C2HF3O2/c1-22-13-11-21-10-8-19(16-21)15-20(12-14-23-17-19)9-7-18-5-3-2-4-6-18;2*3-2(4,5)1(6)7/h2-6H,7-17H2,1H3;2*(H,6,7). The molecule has 0 aliphatic carbocycles. The quantitative estimate of drug-likeness (QED) is 0.526. The molecule has 0 aromatic heterocycles. The maximum Gasteiger partial charge on any atom is 0.490 e. The monoisotopic (exact) mass is 546 g/mol. The van der Waals surface area contributed by atoms with Gasteiger partial charge in [-0.1, -0.05) is 30.3 Å². The number of benzene rings is 1. The van der Waals surface area contributed by atoms with Crippen LogP contribution < -0.4 is 0 Å². The number of carboxylic acids is 2. The van der Waals surface area contributed by atoms with Gasteiger partial charge in [0.25, 0.3) is 0 Å². The van der Waals surface area contributed by atoms with E-state index in [-0.39, 0.29) is 0 Å². The highest BCUT2D eigenvalue weighted by atomic mass is 19.4. The summed E-state index contributed by atoms with van der Waals surface area (Å²) in [5, 5.41) is 14.2. The highest BCUT2D eigenvalue weighted by Crippen LogP contribution is 2.33. The fourth-order valence-electron chi connectivity index (χ4n) is 3.89. The summed E-state index contributed by atoms with van der Waals surface area (Å²) in [6, 6.07) is 10.8. The summed E-state index contributed by atoms with van der Waals surface area (Å²) in [6.07, 6.45) is -7.79. The van der Waals surface area contributed by atoms with E-state index in [9.17, 15) is 26.3 Å². The average Bonchev–Trinajstić information content (AvgIpc) is 3.09. The number of carbonyl (C=O) groups is 2. The molecule has 0 radical (unpaired) electrons. The van der Waals surface area contributed by atoms with Gasteiger partial charge in [0.2, 0.25) is 0 Å². The number of hydrogen-bond acceptors (Lipinski definition) is 6. The third kappa shape index (κ3) is 13.1. The lowest BCUT2D eigenvalue weighted by atomic mass is 9.87. The largest absolute Gasteiger partial charge is 0.490 e. The molecule has 2 N–H and O–H groups in total. The van der Waals surface area contributed by atoms with Gasteiger partial charge in [0.05, 0.1) is 19.8 Å². The number of rotatable bonds is 6. The van der Waals surface area contributed by atoms with Gasteiger partial charge in [0.15, 0.2) is 0 Å². The van der Waals surface area contributed by atoms with Crippen LogP contribution in [-0.4, -0.2) is 111 Å². The summed E-state index contributed by atoms with van der Waals surface area (Å²) in [6.45, 7) is 9.35. The molecule has 1 unspecified atom stereocenters. The Bertz CT molecular complexity index is 800. The lowest BCUT2D eigenvalue weighted by Gasteiger charge is -2.32. The number of ether oxygens (including phenoxy) is 2. The lowest BCUT2D eigenvalue weighted by Crippen LogP contribution is -2.41. The van der Waals surface area contributed by atoms with Crippen LogP contribution in [0.5, 0.6) is 0 Å². The zero-order chi connectivity index (χ0) is 28.1. The minimum absolute atomic E-state index is 0.320. The molecule has 1 aromatic carbocycles. The van der Waals surface area contributed by atoms with Crippen LogP contribution in [-0.2, 0) is 25.5 Å². The zero-order valence-corrected chi connectivity index (χ0v) is 20.4. The van der Waals surface area contributed by atoms with E-state index in [0.717, 1.165) is 52.4 Å². The number of halogens is 6. The Morgan fingerprint density at radius 2 is 1.46 bits per heavy atom. The Labute approximate surface area is 210 Å². The minimum Gasteiger partial charge on any atom is -0.475 e. The van der Waals surface area contributed by atoms with Crippen molar-refractivity contribution in [3.63, 3.8) is 0 Å². The molecule has 8 nitrogen and oxygen atoms in total. The maximum atomic E-state index is 10.6. The number of alkyl halides is 6. The summed E-state index contributed by atoms with van der Waals surface area (Å²) in [5.74, 6) is -5.51. The third-order valence-corrected chi connectivity index (χ3v) is 5.69. The molecular formula is C23H32F6N2O6. The van der Waals surface area contributed by atoms with Crippen molar-refractivity contribution in [2.24, 2.45) is 5.41 Å². The molecule has 1 aromatic rings. The van der Waals surface area contributed by atoms with Gasteiger partial charge in [-0.05, 0) is 24.9 Å². The molecule has 2 aliphatic heterocycles. The van der Waals surface area contributed by atoms with Crippen molar-refractivity contribution >= 4 is 11.9 Å². The van der Waals surface area contributed by atoms with E-state index >= 15 is 0 Å². The predicted octanol–water partition coefficient (Wildman–Crippen LogP) is 3.17. The van der Waals surface area contributed by atoms with Crippen molar-refractivity contribution in [2.45, 2.75) is 25.2 Å². The molecule has 2 heterocycles. The molecule has 2 aliphatic rings. The number of likely N-dealkylation sites (tertiary alicyclic amines) is 1. The van der Waals surface area contributed by atoms with Crippen molar-refractivity contribution < 1.29 is 55.6 Å². The highest BCUT2D eigenvalue weighted by Gasteiger charge is 2.41. The highest BCUT2D eigenvalue weighted by molar-refractivity contribution is 5.73. The van der Waals surface area contributed by atoms with Crippen LogP contribution in [0.2, 0.25) is 0 Å². The molecule has 0 saturated carbocycles. The molecule has 2 fully saturated rings. The Morgan fingerprint density at radius 1 is 0.946 bits per heavy atom. The average molecular weight is 547 g/mol. The van der Waals surface area contributed by atoms with Gasteiger partial charge in [0.1, 0.15) is 0 Å². The first-order chi connectivity index (χ1) is 17.2. The SMILES string of the molecule is COCCN1CCC2(COCCN(CCc3ccccc3)C2)C1.O=C(O)C(F)(F)F.O=C(O)C(F)(F)F. The van der Waals surface area contributed by atoms with Crippen LogP contribution in [0.15, 0.2) is 30.3 Å². The first-order valence-electron chi connectivity index (χ1n) is 11.3. The van der Waals surface area contributed by atoms with E-state index in [2.05, 4.69) is 40.1 Å². The molecular weight excluding hydrogens is 514 g/mol. The van der Waals surface area contributed by atoms with Crippen molar-refractivity contribution in [1.29, 1.82) is 0 Å². The van der Waals surface area contributed by atoms with E-state index in [1.165, 1.54) is 25.1 Å². The normalized spacial score (nSPS) is 20.8.